The molecule has 1 atom stereocenters. The lowest BCUT2D eigenvalue weighted by Gasteiger charge is -2.33. The van der Waals surface area contributed by atoms with Gasteiger partial charge >= 0.3 is 6.03 Å². The maximum atomic E-state index is 12.3. The van der Waals surface area contributed by atoms with Crippen LogP contribution < -0.4 is 10.2 Å². The monoisotopic (exact) mass is 330 g/mol. The molecule has 3 rings (SSSR count). The second-order valence-electron chi connectivity index (χ2n) is 7.12. The third-order valence-electron chi connectivity index (χ3n) is 5.25. The molecule has 2 aliphatic rings. The van der Waals surface area contributed by atoms with Crippen LogP contribution in [-0.4, -0.2) is 41.6 Å². The highest BCUT2D eigenvalue weighted by Gasteiger charge is 2.22. The van der Waals surface area contributed by atoms with Gasteiger partial charge in [-0.15, -0.1) is 0 Å². The smallest absolute Gasteiger partial charge is 0.317 e. The van der Waals surface area contributed by atoms with Crippen molar-refractivity contribution in [1.82, 2.24) is 15.2 Å². The summed E-state index contributed by atoms with van der Waals surface area (Å²) in [5.41, 5.74) is 1.06. The van der Waals surface area contributed by atoms with Crippen LogP contribution in [0.15, 0.2) is 18.3 Å². The molecule has 2 saturated heterocycles. The average molecular weight is 330 g/mol. The molecule has 0 aliphatic carbocycles. The van der Waals surface area contributed by atoms with Gasteiger partial charge in [-0.3, -0.25) is 0 Å². The molecule has 2 amide bonds. The molecule has 1 aromatic rings. The van der Waals surface area contributed by atoms with Crippen molar-refractivity contribution in [2.45, 2.75) is 64.5 Å². The fourth-order valence-corrected chi connectivity index (χ4v) is 3.69. The van der Waals surface area contributed by atoms with E-state index in [-0.39, 0.29) is 6.03 Å². The van der Waals surface area contributed by atoms with Crippen molar-refractivity contribution in [3.63, 3.8) is 0 Å². The molecule has 0 radical (unpaired) electrons. The molecule has 132 valence electrons. The number of hydrogen-bond acceptors (Lipinski definition) is 3. The van der Waals surface area contributed by atoms with E-state index in [1.54, 1.807) is 0 Å². The van der Waals surface area contributed by atoms with Crippen molar-refractivity contribution in [2.75, 3.05) is 24.5 Å². The lowest BCUT2D eigenvalue weighted by molar-refractivity contribution is 0.158. The summed E-state index contributed by atoms with van der Waals surface area (Å²) in [6, 6.07) is 4.59. The largest absolute Gasteiger partial charge is 0.357 e. The number of amides is 2. The van der Waals surface area contributed by atoms with Gasteiger partial charge in [0.25, 0.3) is 0 Å². The molecule has 0 aromatic carbocycles. The Hall–Kier alpha value is -1.78. The highest BCUT2D eigenvalue weighted by molar-refractivity contribution is 5.74. The molecule has 1 N–H and O–H groups in total. The third-order valence-corrected chi connectivity index (χ3v) is 5.25. The molecule has 3 heterocycles. The van der Waals surface area contributed by atoms with Crippen molar-refractivity contribution in [3.05, 3.63) is 23.9 Å². The van der Waals surface area contributed by atoms with Gasteiger partial charge in [0.2, 0.25) is 0 Å². The number of urea groups is 1. The molecule has 24 heavy (non-hydrogen) atoms. The Morgan fingerprint density at radius 2 is 1.88 bits per heavy atom. The van der Waals surface area contributed by atoms with E-state index in [2.05, 4.69) is 34.3 Å². The molecule has 2 fully saturated rings. The van der Waals surface area contributed by atoms with Crippen LogP contribution in [0.2, 0.25) is 0 Å². The highest BCUT2D eigenvalue weighted by atomic mass is 16.2. The maximum absolute atomic E-state index is 12.3. The van der Waals surface area contributed by atoms with E-state index in [0.717, 1.165) is 43.9 Å². The van der Waals surface area contributed by atoms with Crippen LogP contribution in [0.1, 0.15) is 57.4 Å². The minimum atomic E-state index is 0.0544. The summed E-state index contributed by atoms with van der Waals surface area (Å²) in [6.07, 6.45) is 10.5. The zero-order valence-electron chi connectivity index (χ0n) is 14.8. The van der Waals surface area contributed by atoms with E-state index in [1.807, 2.05) is 11.1 Å². The number of carbonyl (C=O) groups is 1. The number of nitrogens with one attached hydrogen (secondary N) is 1. The van der Waals surface area contributed by atoms with Crippen molar-refractivity contribution < 1.29 is 4.79 Å². The minimum Gasteiger partial charge on any atom is -0.357 e. The van der Waals surface area contributed by atoms with E-state index in [9.17, 15) is 4.79 Å². The Kier molecular flexibility index (Phi) is 5.94. The van der Waals surface area contributed by atoms with Gasteiger partial charge < -0.3 is 15.1 Å². The van der Waals surface area contributed by atoms with Crippen molar-refractivity contribution in [1.29, 1.82) is 0 Å². The molecule has 0 bridgehead atoms. The lowest BCUT2D eigenvalue weighted by Crippen LogP contribution is -2.47. The fourth-order valence-electron chi connectivity index (χ4n) is 3.69. The van der Waals surface area contributed by atoms with Gasteiger partial charge in [0, 0.05) is 38.4 Å². The predicted molar refractivity (Wildman–Crippen MR) is 97.2 cm³/mol. The van der Waals surface area contributed by atoms with Crippen molar-refractivity contribution >= 4 is 11.8 Å². The summed E-state index contributed by atoms with van der Waals surface area (Å²) in [6.45, 7) is 5.77. The first-order valence-corrected chi connectivity index (χ1v) is 9.48. The van der Waals surface area contributed by atoms with Crippen LogP contribution >= 0.6 is 0 Å². The molecule has 1 unspecified atom stereocenters. The second-order valence-corrected chi connectivity index (χ2v) is 7.12. The van der Waals surface area contributed by atoms with Crippen LogP contribution in [0.25, 0.3) is 0 Å². The quantitative estimate of drug-likeness (QED) is 0.922. The second kappa shape index (κ2) is 8.36. The molecule has 0 spiro atoms. The van der Waals surface area contributed by atoms with Gasteiger partial charge in [0.15, 0.2) is 0 Å². The van der Waals surface area contributed by atoms with E-state index in [1.165, 1.54) is 32.1 Å². The minimum absolute atomic E-state index is 0.0544. The van der Waals surface area contributed by atoms with Crippen LogP contribution in [0.5, 0.6) is 0 Å². The fraction of sp³-hybridized carbons (Fsp3) is 0.684. The zero-order valence-corrected chi connectivity index (χ0v) is 14.8. The van der Waals surface area contributed by atoms with Crippen LogP contribution in [0.4, 0.5) is 10.6 Å². The van der Waals surface area contributed by atoms with Gasteiger partial charge in [0.05, 0.1) is 0 Å². The van der Waals surface area contributed by atoms with Gasteiger partial charge in [-0.25, -0.2) is 9.78 Å². The number of rotatable bonds is 3. The van der Waals surface area contributed by atoms with Gasteiger partial charge in [0.1, 0.15) is 5.82 Å². The molecular formula is C19H30N4O. The number of nitrogens with zero attached hydrogens (tertiary/aromatic N) is 3. The summed E-state index contributed by atoms with van der Waals surface area (Å²) in [5.74, 6) is 1.07. The Morgan fingerprint density at radius 1 is 1.12 bits per heavy atom. The summed E-state index contributed by atoms with van der Waals surface area (Å²) < 4.78 is 0. The van der Waals surface area contributed by atoms with Gasteiger partial charge in [-0.1, -0.05) is 18.9 Å². The number of aromatic nitrogens is 1. The molecule has 5 heteroatoms. The summed E-state index contributed by atoms with van der Waals surface area (Å²) in [5, 5.41) is 3.04. The van der Waals surface area contributed by atoms with E-state index >= 15 is 0 Å². The Labute approximate surface area is 145 Å². The molecule has 2 aliphatic heterocycles. The maximum Gasteiger partial charge on any atom is 0.317 e. The number of anilines is 1. The summed E-state index contributed by atoms with van der Waals surface area (Å²) >= 11 is 0. The number of piperidine rings is 1. The predicted octanol–water partition coefficient (Wildman–Crippen LogP) is 3.55. The molecule has 5 nitrogen and oxygen atoms in total. The normalized spacial score (nSPS) is 22.1. The molecule has 1 aromatic heterocycles. The topological polar surface area (TPSA) is 48.5 Å². The first-order chi connectivity index (χ1) is 11.7. The zero-order chi connectivity index (χ0) is 16.8. The first kappa shape index (κ1) is 17.1. The number of pyridine rings is 1. The average Bonchev–Trinajstić information content (AvgIpc) is 2.90. The SMILES string of the molecule is CC1CCCCN1C(=O)NCc1ccc(N2CCCCCC2)nc1. The first-order valence-electron chi connectivity index (χ1n) is 9.48. The third kappa shape index (κ3) is 4.40. The van der Waals surface area contributed by atoms with Crippen LogP contribution in [0.3, 0.4) is 0 Å². The highest BCUT2D eigenvalue weighted by Crippen LogP contribution is 2.18. The number of likely N-dealkylation sites (tertiary alicyclic amines) is 1. The molecule has 0 saturated carbocycles. The summed E-state index contributed by atoms with van der Waals surface area (Å²) in [7, 11) is 0. The Bertz CT molecular complexity index is 523. The van der Waals surface area contributed by atoms with Crippen molar-refractivity contribution in [3.8, 4) is 0 Å². The summed E-state index contributed by atoms with van der Waals surface area (Å²) in [4.78, 5) is 21.3. The standard InChI is InChI=1S/C19H30N4O/c1-16-8-4-7-13-23(16)19(24)21-15-17-9-10-18(20-14-17)22-11-5-2-3-6-12-22/h9-10,14,16H,2-8,11-13,15H2,1H3,(H,21,24). The van der Waals surface area contributed by atoms with Gasteiger partial charge in [-0.05, 0) is 50.7 Å². The lowest BCUT2D eigenvalue weighted by atomic mass is 10.0. The van der Waals surface area contributed by atoms with E-state index in [4.69, 9.17) is 0 Å². The number of carbonyl (C=O) groups excluding carboxylic acids is 1. The molecular weight excluding hydrogens is 300 g/mol. The van der Waals surface area contributed by atoms with E-state index in [0.29, 0.717) is 12.6 Å². The van der Waals surface area contributed by atoms with E-state index < -0.39 is 0 Å². The Morgan fingerprint density at radius 3 is 2.54 bits per heavy atom. The number of hydrogen-bond donors (Lipinski definition) is 1. The van der Waals surface area contributed by atoms with Crippen molar-refractivity contribution in [2.24, 2.45) is 0 Å². The van der Waals surface area contributed by atoms with Crippen LogP contribution in [0, 0.1) is 0 Å². The Balaban J connectivity index is 1.51. The van der Waals surface area contributed by atoms with Gasteiger partial charge in [-0.2, -0.15) is 0 Å². The van der Waals surface area contributed by atoms with Crippen LogP contribution in [-0.2, 0) is 6.54 Å².